The summed E-state index contributed by atoms with van der Waals surface area (Å²) in [6, 6.07) is 6.93. The number of hydrogen-bond acceptors (Lipinski definition) is 4. The molecule has 1 N–H and O–H groups in total. The van der Waals surface area contributed by atoms with Crippen LogP contribution in [0.25, 0.3) is 0 Å². The molecule has 0 atom stereocenters. The van der Waals surface area contributed by atoms with Crippen LogP contribution in [-0.4, -0.2) is 13.4 Å². The minimum Gasteiger partial charge on any atom is -0.255 e. The zero-order chi connectivity index (χ0) is 14.1. The van der Waals surface area contributed by atoms with Gasteiger partial charge in [0.15, 0.2) is 5.13 Å². The highest BCUT2D eigenvalue weighted by Crippen LogP contribution is 2.24. The Morgan fingerprint density at radius 3 is 2.26 bits per heavy atom. The molecule has 0 unspecified atom stereocenters. The van der Waals surface area contributed by atoms with Crippen molar-refractivity contribution in [2.24, 2.45) is 0 Å². The Morgan fingerprint density at radius 2 is 1.79 bits per heavy atom. The van der Waals surface area contributed by atoms with Gasteiger partial charge in [0.25, 0.3) is 10.0 Å². The van der Waals surface area contributed by atoms with Gasteiger partial charge in [-0.2, -0.15) is 0 Å². The van der Waals surface area contributed by atoms with Crippen molar-refractivity contribution in [1.29, 1.82) is 0 Å². The van der Waals surface area contributed by atoms with Gasteiger partial charge in [-0.05, 0) is 23.1 Å². The zero-order valence-electron chi connectivity index (χ0n) is 11.0. The molecule has 102 valence electrons. The van der Waals surface area contributed by atoms with Gasteiger partial charge in [0.05, 0.1) is 4.90 Å². The Hall–Kier alpha value is -1.40. The average Bonchev–Trinajstić information content (AvgIpc) is 2.80. The van der Waals surface area contributed by atoms with Gasteiger partial charge in [-0.25, -0.2) is 13.4 Å². The SMILES string of the molecule is CC(C)(C)c1ccc(S(=O)(=O)Nc2nccs2)cc1. The second kappa shape index (κ2) is 4.94. The predicted molar refractivity (Wildman–Crippen MR) is 78.1 cm³/mol. The van der Waals surface area contributed by atoms with Gasteiger partial charge < -0.3 is 0 Å². The summed E-state index contributed by atoms with van der Waals surface area (Å²) in [6.45, 7) is 6.26. The van der Waals surface area contributed by atoms with Gasteiger partial charge in [-0.1, -0.05) is 32.9 Å². The molecule has 4 nitrogen and oxygen atoms in total. The van der Waals surface area contributed by atoms with E-state index in [1.165, 1.54) is 11.3 Å². The summed E-state index contributed by atoms with van der Waals surface area (Å²) in [5.41, 5.74) is 1.10. The van der Waals surface area contributed by atoms with Crippen LogP contribution in [0.15, 0.2) is 40.7 Å². The highest BCUT2D eigenvalue weighted by molar-refractivity contribution is 7.93. The third-order valence-corrected chi connectivity index (χ3v) is 4.86. The summed E-state index contributed by atoms with van der Waals surface area (Å²) in [5.74, 6) is 0. The molecule has 1 heterocycles. The van der Waals surface area contributed by atoms with Crippen LogP contribution >= 0.6 is 11.3 Å². The van der Waals surface area contributed by atoms with E-state index >= 15 is 0 Å². The summed E-state index contributed by atoms with van der Waals surface area (Å²) in [5, 5.41) is 2.10. The van der Waals surface area contributed by atoms with E-state index in [1.54, 1.807) is 23.7 Å². The molecule has 2 aromatic rings. The van der Waals surface area contributed by atoms with Gasteiger partial charge in [-0.15, -0.1) is 11.3 Å². The first-order valence-corrected chi connectivity index (χ1v) is 8.18. The molecular formula is C13H16N2O2S2. The fourth-order valence-corrected chi connectivity index (χ4v) is 3.37. The minimum absolute atomic E-state index is 0.00499. The van der Waals surface area contributed by atoms with Crippen LogP contribution in [0, 0.1) is 0 Å². The van der Waals surface area contributed by atoms with Crippen molar-refractivity contribution in [3.8, 4) is 0 Å². The highest BCUT2D eigenvalue weighted by atomic mass is 32.2. The molecule has 6 heteroatoms. The molecule has 19 heavy (non-hydrogen) atoms. The number of benzene rings is 1. The van der Waals surface area contributed by atoms with Crippen molar-refractivity contribution >= 4 is 26.5 Å². The number of rotatable bonds is 3. The summed E-state index contributed by atoms with van der Waals surface area (Å²) in [7, 11) is -3.55. The molecule has 0 saturated carbocycles. The fraction of sp³-hybridized carbons (Fsp3) is 0.308. The zero-order valence-corrected chi connectivity index (χ0v) is 12.7. The number of nitrogens with one attached hydrogen (secondary N) is 1. The van der Waals surface area contributed by atoms with Crippen LogP contribution in [0.5, 0.6) is 0 Å². The Labute approximate surface area is 117 Å². The van der Waals surface area contributed by atoms with E-state index in [0.29, 0.717) is 5.13 Å². The molecule has 1 aromatic heterocycles. The number of thiazole rings is 1. The number of sulfonamides is 1. The van der Waals surface area contributed by atoms with Gasteiger partial charge >= 0.3 is 0 Å². The summed E-state index contributed by atoms with van der Waals surface area (Å²) in [6.07, 6.45) is 1.56. The van der Waals surface area contributed by atoms with E-state index in [4.69, 9.17) is 0 Å². The normalized spacial score (nSPS) is 12.4. The van der Waals surface area contributed by atoms with Gasteiger partial charge in [0.1, 0.15) is 0 Å². The molecule has 0 aliphatic heterocycles. The fourth-order valence-electron chi connectivity index (χ4n) is 1.58. The van der Waals surface area contributed by atoms with E-state index in [-0.39, 0.29) is 10.3 Å². The standard InChI is InChI=1S/C13H16N2O2S2/c1-13(2,3)10-4-6-11(7-5-10)19(16,17)15-12-14-8-9-18-12/h4-9H,1-3H3,(H,14,15). The molecule has 0 amide bonds. The number of nitrogens with zero attached hydrogens (tertiary/aromatic N) is 1. The van der Waals surface area contributed by atoms with Crippen molar-refractivity contribution < 1.29 is 8.42 Å². The maximum absolute atomic E-state index is 12.1. The van der Waals surface area contributed by atoms with Gasteiger partial charge in [-0.3, -0.25) is 4.72 Å². The number of aromatic nitrogens is 1. The summed E-state index contributed by atoms with van der Waals surface area (Å²) < 4.78 is 26.7. The lowest BCUT2D eigenvalue weighted by Crippen LogP contribution is -2.14. The van der Waals surface area contributed by atoms with E-state index in [9.17, 15) is 8.42 Å². The first kappa shape index (κ1) is 14.0. The Morgan fingerprint density at radius 1 is 1.16 bits per heavy atom. The number of hydrogen-bond donors (Lipinski definition) is 1. The molecule has 0 bridgehead atoms. The van der Waals surface area contributed by atoms with Crippen LogP contribution in [-0.2, 0) is 15.4 Å². The van der Waals surface area contributed by atoms with Crippen molar-refractivity contribution in [3.05, 3.63) is 41.4 Å². The maximum Gasteiger partial charge on any atom is 0.263 e. The lowest BCUT2D eigenvalue weighted by Gasteiger charge is -2.19. The molecule has 0 saturated heterocycles. The molecule has 0 aliphatic carbocycles. The maximum atomic E-state index is 12.1. The van der Waals surface area contributed by atoms with Crippen molar-refractivity contribution in [2.45, 2.75) is 31.1 Å². The van der Waals surface area contributed by atoms with Crippen LogP contribution in [0.3, 0.4) is 0 Å². The molecule has 0 fully saturated rings. The Balaban J connectivity index is 2.27. The second-order valence-electron chi connectivity index (χ2n) is 5.22. The highest BCUT2D eigenvalue weighted by Gasteiger charge is 2.18. The van der Waals surface area contributed by atoms with E-state index in [1.807, 2.05) is 12.1 Å². The van der Waals surface area contributed by atoms with E-state index < -0.39 is 10.0 Å². The summed E-state index contributed by atoms with van der Waals surface area (Å²) in [4.78, 5) is 4.16. The summed E-state index contributed by atoms with van der Waals surface area (Å²) >= 11 is 1.25. The first-order valence-electron chi connectivity index (χ1n) is 5.82. The van der Waals surface area contributed by atoms with Crippen LogP contribution < -0.4 is 4.72 Å². The lowest BCUT2D eigenvalue weighted by molar-refractivity contribution is 0.587. The first-order chi connectivity index (χ1) is 8.79. The third kappa shape index (κ3) is 3.33. The van der Waals surface area contributed by atoms with Crippen molar-refractivity contribution in [1.82, 2.24) is 4.98 Å². The van der Waals surface area contributed by atoms with Gasteiger partial charge in [0, 0.05) is 11.6 Å². The van der Waals surface area contributed by atoms with Crippen molar-refractivity contribution in [2.75, 3.05) is 4.72 Å². The quantitative estimate of drug-likeness (QED) is 0.946. The third-order valence-electron chi connectivity index (χ3n) is 2.68. The Bertz CT molecular complexity index is 639. The van der Waals surface area contributed by atoms with Crippen LogP contribution in [0.4, 0.5) is 5.13 Å². The lowest BCUT2D eigenvalue weighted by atomic mass is 9.87. The number of anilines is 1. The molecule has 0 aliphatic rings. The van der Waals surface area contributed by atoms with E-state index in [2.05, 4.69) is 30.5 Å². The van der Waals surface area contributed by atoms with Crippen LogP contribution in [0.2, 0.25) is 0 Å². The second-order valence-corrected chi connectivity index (χ2v) is 7.79. The largest absolute Gasteiger partial charge is 0.263 e. The predicted octanol–water partition coefficient (Wildman–Crippen LogP) is 3.24. The molecular weight excluding hydrogens is 280 g/mol. The monoisotopic (exact) mass is 296 g/mol. The molecule has 0 spiro atoms. The Kier molecular flexibility index (Phi) is 3.64. The minimum atomic E-state index is -3.55. The van der Waals surface area contributed by atoms with Gasteiger partial charge in [0.2, 0.25) is 0 Å². The smallest absolute Gasteiger partial charge is 0.255 e. The molecule has 2 rings (SSSR count). The molecule has 0 radical (unpaired) electrons. The van der Waals surface area contributed by atoms with Crippen LogP contribution in [0.1, 0.15) is 26.3 Å². The van der Waals surface area contributed by atoms with E-state index in [0.717, 1.165) is 5.56 Å². The molecule has 1 aromatic carbocycles. The van der Waals surface area contributed by atoms with Crippen molar-refractivity contribution in [3.63, 3.8) is 0 Å². The topological polar surface area (TPSA) is 59.1 Å². The average molecular weight is 296 g/mol.